The number of nitrogens with zero attached hydrogens (tertiary/aromatic N) is 7. The summed E-state index contributed by atoms with van der Waals surface area (Å²) in [7, 11) is -8.18. The van der Waals surface area contributed by atoms with Crippen LogP contribution in [0, 0.1) is 0 Å². The number of alkyl halides is 1. The lowest BCUT2D eigenvalue weighted by molar-refractivity contribution is -0.0645. The molecule has 4 aromatic heterocycles. The Morgan fingerprint density at radius 2 is 1.87 bits per heavy atom. The topological polar surface area (TPSA) is 300 Å². The van der Waals surface area contributed by atoms with Crippen molar-refractivity contribution in [3.05, 3.63) is 29.3 Å². The van der Waals surface area contributed by atoms with Crippen LogP contribution in [0.3, 0.4) is 0 Å². The van der Waals surface area contributed by atoms with Gasteiger partial charge in [-0.3, -0.25) is 32.5 Å². The molecular weight excluding hydrogens is 649 g/mol. The maximum atomic E-state index is 15.7. The van der Waals surface area contributed by atoms with Crippen molar-refractivity contribution >= 4 is 49.9 Å². The molecule has 4 unspecified atom stereocenters. The second-order valence-corrected chi connectivity index (χ2v) is 12.5. The third kappa shape index (κ3) is 6.21. The van der Waals surface area contributed by atoms with Crippen LogP contribution in [0.5, 0.6) is 0 Å². The first-order chi connectivity index (χ1) is 21.5. The van der Waals surface area contributed by atoms with Crippen LogP contribution in [0.4, 0.5) is 16.2 Å². The van der Waals surface area contributed by atoms with E-state index in [9.17, 15) is 28.8 Å². The maximum Gasteiger partial charge on any atom is 0.472 e. The van der Waals surface area contributed by atoms with Gasteiger partial charge in [0.2, 0.25) is 14.0 Å². The molecular formula is C21H27FN10O11P2. The zero-order chi connectivity index (χ0) is 32.0. The first-order valence-corrected chi connectivity index (χ1v) is 16.2. The van der Waals surface area contributed by atoms with Gasteiger partial charge in [0, 0.05) is 6.42 Å². The van der Waals surface area contributed by atoms with Crippen LogP contribution in [-0.4, -0.2) is 104 Å². The van der Waals surface area contributed by atoms with Gasteiger partial charge >= 0.3 is 7.82 Å². The van der Waals surface area contributed by atoms with Gasteiger partial charge in [0.15, 0.2) is 41.3 Å². The summed E-state index contributed by atoms with van der Waals surface area (Å²) in [5, 5.41) is 9.69. The first-order valence-electron chi connectivity index (χ1n) is 13.2. The van der Waals surface area contributed by atoms with Crippen molar-refractivity contribution in [2.75, 3.05) is 31.0 Å². The molecule has 0 spiro atoms. The van der Waals surface area contributed by atoms with Gasteiger partial charge < -0.3 is 40.6 Å². The van der Waals surface area contributed by atoms with E-state index in [-0.39, 0.29) is 40.5 Å². The summed E-state index contributed by atoms with van der Waals surface area (Å²) >= 11 is 0. The number of hydrogen-bond donors (Lipinski definition) is 6. The van der Waals surface area contributed by atoms with Gasteiger partial charge in [-0.15, -0.1) is 0 Å². The minimum atomic E-state index is -4.99. The van der Waals surface area contributed by atoms with E-state index in [4.69, 9.17) is 34.7 Å². The number of rotatable bonds is 11. The lowest BCUT2D eigenvalue weighted by Gasteiger charge is -2.24. The van der Waals surface area contributed by atoms with Crippen LogP contribution in [0.1, 0.15) is 18.9 Å². The van der Waals surface area contributed by atoms with E-state index in [0.29, 0.717) is 0 Å². The Bertz CT molecular complexity index is 1840. The number of anilines is 2. The number of hydrogen-bond acceptors (Lipinski definition) is 16. The number of phosphoric ester groups is 1. The average molecular weight is 676 g/mol. The summed E-state index contributed by atoms with van der Waals surface area (Å²) in [6, 6.07) is 0. The van der Waals surface area contributed by atoms with Gasteiger partial charge in [-0.2, -0.15) is 4.98 Å². The maximum absolute atomic E-state index is 15.7. The Morgan fingerprint density at radius 3 is 2.60 bits per heavy atom. The molecule has 4 aromatic rings. The fourth-order valence-electron chi connectivity index (χ4n) is 5.15. The van der Waals surface area contributed by atoms with Gasteiger partial charge in [-0.25, -0.2) is 28.9 Å². The Kier molecular flexibility index (Phi) is 8.69. The predicted molar refractivity (Wildman–Crippen MR) is 148 cm³/mol. The smallest absolute Gasteiger partial charge is 0.394 e. The summed E-state index contributed by atoms with van der Waals surface area (Å²) in [5.74, 6) is -0.187. The van der Waals surface area contributed by atoms with Crippen molar-refractivity contribution in [3.8, 4) is 0 Å². The van der Waals surface area contributed by atoms with Crippen LogP contribution in [-0.2, 0) is 32.4 Å². The van der Waals surface area contributed by atoms with Crippen molar-refractivity contribution in [1.82, 2.24) is 39.0 Å². The highest BCUT2D eigenvalue weighted by Crippen LogP contribution is 2.50. The molecule has 0 bridgehead atoms. The molecule has 6 rings (SSSR count). The van der Waals surface area contributed by atoms with Gasteiger partial charge in [-0.1, -0.05) is 0 Å². The lowest BCUT2D eigenvalue weighted by Crippen LogP contribution is -2.34. The number of aliphatic hydroxyl groups is 1. The van der Waals surface area contributed by atoms with Gasteiger partial charge in [0.25, 0.3) is 5.56 Å². The Balaban J connectivity index is 1.20. The molecule has 9 atom stereocenters. The molecule has 0 radical (unpaired) electrons. The van der Waals surface area contributed by atoms with E-state index in [0.717, 1.165) is 6.33 Å². The monoisotopic (exact) mass is 676 g/mol. The highest BCUT2D eigenvalue weighted by atomic mass is 31.2. The van der Waals surface area contributed by atoms with Gasteiger partial charge in [-0.05, 0) is 0 Å². The first kappa shape index (κ1) is 31.5. The second kappa shape index (κ2) is 12.4. The van der Waals surface area contributed by atoms with E-state index >= 15 is 4.39 Å². The number of aliphatic hydroxyl groups excluding tert-OH is 1. The molecule has 2 aliphatic heterocycles. The third-order valence-electron chi connectivity index (χ3n) is 7.07. The van der Waals surface area contributed by atoms with Crippen molar-refractivity contribution in [1.29, 1.82) is 0 Å². The molecule has 45 heavy (non-hydrogen) atoms. The number of H-pyrrole nitrogens is 1. The summed E-state index contributed by atoms with van der Waals surface area (Å²) in [4.78, 5) is 54.4. The van der Waals surface area contributed by atoms with Gasteiger partial charge in [0.05, 0.1) is 32.0 Å². The molecule has 0 saturated carbocycles. The Labute approximate surface area is 250 Å². The highest BCUT2D eigenvalue weighted by molar-refractivity contribution is 7.47. The summed E-state index contributed by atoms with van der Waals surface area (Å²) in [5.41, 5.74) is 11.0. The predicted octanol–water partition coefficient (Wildman–Crippen LogP) is -1.05. The number of ether oxygens (including phenoxy) is 3. The fraction of sp³-hybridized carbons (Fsp3) is 0.524. The number of nitrogens with one attached hydrogen (secondary N) is 1. The molecule has 2 fully saturated rings. The van der Waals surface area contributed by atoms with Gasteiger partial charge in [0.1, 0.15) is 36.5 Å². The molecule has 24 heteroatoms. The number of nitrogen functional groups attached to an aromatic ring is 2. The quantitative estimate of drug-likeness (QED) is 0.103. The van der Waals surface area contributed by atoms with Crippen LogP contribution in [0.25, 0.3) is 22.3 Å². The third-order valence-corrected chi connectivity index (χ3v) is 8.50. The normalized spacial score (nSPS) is 29.0. The molecule has 8 N–H and O–H groups in total. The molecule has 2 saturated heterocycles. The Hall–Kier alpha value is -3.43. The number of nitrogens with two attached hydrogens (primary N) is 2. The van der Waals surface area contributed by atoms with Crippen molar-refractivity contribution < 1.29 is 51.7 Å². The number of phosphoric acid groups is 1. The molecule has 0 aromatic carbocycles. The molecule has 2 aliphatic rings. The summed E-state index contributed by atoms with van der Waals surface area (Å²) < 4.78 is 70.1. The molecule has 0 aliphatic carbocycles. The minimum absolute atomic E-state index is 0.0104. The largest absolute Gasteiger partial charge is 0.472 e. The molecule has 244 valence electrons. The fourth-order valence-corrected chi connectivity index (χ4v) is 6.41. The highest BCUT2D eigenvalue weighted by Gasteiger charge is 2.49. The van der Waals surface area contributed by atoms with Crippen molar-refractivity contribution in [2.24, 2.45) is 0 Å². The van der Waals surface area contributed by atoms with E-state index in [1.54, 1.807) is 0 Å². The SMILES string of the molecule is Nc1nc2c(ncn2[C@@H]2O[C@H](CO)C[C@@H]2OP(=O)(O)OC[C@H]2O[C@@H](n3cnc4c(N)ncnc43)C(F)C2OC[PH](=O)O)c(=O)[nH]1. The molecule has 21 nitrogen and oxygen atoms in total. The summed E-state index contributed by atoms with van der Waals surface area (Å²) in [6.45, 7) is -1.24. The molecule has 6 heterocycles. The summed E-state index contributed by atoms with van der Waals surface area (Å²) in [6.07, 6.45) is -6.89. The van der Waals surface area contributed by atoms with E-state index < -0.39 is 84.0 Å². The number of fused-ring (bicyclic) bond motifs is 2. The number of imidazole rings is 2. The van der Waals surface area contributed by atoms with E-state index in [1.807, 2.05) is 0 Å². The number of aromatic nitrogens is 8. The van der Waals surface area contributed by atoms with Crippen LogP contribution < -0.4 is 17.0 Å². The van der Waals surface area contributed by atoms with Crippen molar-refractivity contribution in [2.45, 2.75) is 49.5 Å². The standard InChI is InChI=1S/C21H27FN10O11P2/c22-11-14(39-7-44(35)36)10(42-20(11)31-5-27-12-15(23)25-4-26-16(12)31)3-40-45(37,38)43-9-1-8(2-33)41-19(9)32-6-28-13-17(32)29-21(24)30-18(13)34/h4-6,8-11,14,19-20,33,44H,1-3,7H2,(H,35,36)(H,37,38)(H2,23,25,26)(H3,24,29,30,34)/t8-,9-,10+,11?,14?,19+,20+/m0/s1. The lowest BCUT2D eigenvalue weighted by atomic mass is 10.1. The number of aromatic amines is 1. The Morgan fingerprint density at radius 1 is 1.13 bits per heavy atom. The van der Waals surface area contributed by atoms with E-state index in [1.165, 1.54) is 21.8 Å². The molecule has 0 amide bonds. The average Bonchev–Trinajstić information content (AvgIpc) is 3.75. The zero-order valence-electron chi connectivity index (χ0n) is 22.8. The van der Waals surface area contributed by atoms with Crippen LogP contribution >= 0.6 is 15.9 Å². The van der Waals surface area contributed by atoms with Crippen LogP contribution in [0.2, 0.25) is 0 Å². The van der Waals surface area contributed by atoms with Crippen LogP contribution in [0.15, 0.2) is 23.8 Å². The number of halogens is 1. The second-order valence-electron chi connectivity index (χ2n) is 10.0. The minimum Gasteiger partial charge on any atom is -0.394 e. The van der Waals surface area contributed by atoms with Crippen molar-refractivity contribution in [3.63, 3.8) is 0 Å². The zero-order valence-corrected chi connectivity index (χ0v) is 24.7. The van der Waals surface area contributed by atoms with E-state index in [2.05, 4.69) is 29.9 Å².